The molecule has 6 heteroatoms. The molecule has 1 amide bonds. The summed E-state index contributed by atoms with van der Waals surface area (Å²) in [7, 11) is 1.60. The van der Waals surface area contributed by atoms with E-state index < -0.39 is 6.04 Å². The van der Waals surface area contributed by atoms with Crippen LogP contribution in [0.5, 0.6) is 11.5 Å². The maximum atomic E-state index is 13.7. The molecule has 1 aromatic heterocycles. The Morgan fingerprint density at radius 3 is 2.48 bits per heavy atom. The molecule has 1 atom stereocenters. The Bertz CT molecular complexity index is 1450. The molecular formula is C27H23NO5. The fourth-order valence-electron chi connectivity index (χ4n) is 4.61. The highest BCUT2D eigenvalue weighted by molar-refractivity contribution is 5.99. The Labute approximate surface area is 190 Å². The van der Waals surface area contributed by atoms with Gasteiger partial charge >= 0.3 is 0 Å². The van der Waals surface area contributed by atoms with Crippen molar-refractivity contribution in [2.45, 2.75) is 26.4 Å². The maximum absolute atomic E-state index is 13.7. The topological polar surface area (TPSA) is 80.0 Å². The number of ether oxygens (including phenoxy) is 1. The summed E-state index contributed by atoms with van der Waals surface area (Å²) < 4.78 is 11.3. The summed E-state index contributed by atoms with van der Waals surface area (Å²) >= 11 is 0. The SMILES string of the molecule is COc1ccc(CN2C(=O)c3oc4c(C)cc(C)cc4c(=O)c3[C@@H]2c2cccc(O)c2)cc1. The predicted octanol–water partition coefficient (Wildman–Crippen LogP) is 4.87. The molecule has 0 saturated carbocycles. The zero-order chi connectivity index (χ0) is 23.3. The first-order valence-corrected chi connectivity index (χ1v) is 10.7. The first-order valence-electron chi connectivity index (χ1n) is 10.7. The van der Waals surface area contributed by atoms with E-state index in [1.54, 1.807) is 42.3 Å². The van der Waals surface area contributed by atoms with Gasteiger partial charge in [0.25, 0.3) is 5.91 Å². The number of phenols is 1. The average molecular weight is 441 g/mol. The lowest BCUT2D eigenvalue weighted by atomic mass is 9.97. The van der Waals surface area contributed by atoms with Gasteiger partial charge in [-0.3, -0.25) is 9.59 Å². The minimum atomic E-state index is -0.678. The summed E-state index contributed by atoms with van der Waals surface area (Å²) in [6.07, 6.45) is 0. The predicted molar refractivity (Wildman–Crippen MR) is 125 cm³/mol. The molecule has 4 aromatic rings. The van der Waals surface area contributed by atoms with E-state index in [0.29, 0.717) is 27.8 Å². The van der Waals surface area contributed by atoms with E-state index in [0.717, 1.165) is 16.7 Å². The van der Waals surface area contributed by atoms with Gasteiger partial charge in [-0.1, -0.05) is 30.3 Å². The molecule has 1 aliphatic rings. The molecule has 0 aliphatic carbocycles. The van der Waals surface area contributed by atoms with Crippen molar-refractivity contribution < 1.29 is 19.1 Å². The Morgan fingerprint density at radius 2 is 1.79 bits per heavy atom. The van der Waals surface area contributed by atoms with Gasteiger partial charge in [0, 0.05) is 6.54 Å². The number of phenolic OH excluding ortho intramolecular Hbond substituents is 1. The highest BCUT2D eigenvalue weighted by Crippen LogP contribution is 2.40. The van der Waals surface area contributed by atoms with Crippen LogP contribution in [0.3, 0.4) is 0 Å². The van der Waals surface area contributed by atoms with Crippen LogP contribution in [0.25, 0.3) is 11.0 Å². The van der Waals surface area contributed by atoms with Gasteiger partial charge in [0.15, 0.2) is 5.43 Å². The molecule has 0 fully saturated rings. The van der Waals surface area contributed by atoms with Crippen LogP contribution in [0, 0.1) is 13.8 Å². The quantitative estimate of drug-likeness (QED) is 0.489. The molecule has 33 heavy (non-hydrogen) atoms. The Morgan fingerprint density at radius 1 is 1.03 bits per heavy atom. The van der Waals surface area contributed by atoms with Crippen LogP contribution in [0.1, 0.15) is 44.4 Å². The zero-order valence-corrected chi connectivity index (χ0v) is 18.6. The van der Waals surface area contributed by atoms with E-state index in [-0.39, 0.29) is 29.4 Å². The molecule has 3 aromatic carbocycles. The number of carbonyl (C=O) groups excluding carboxylic acids is 1. The molecule has 0 bridgehead atoms. The lowest BCUT2D eigenvalue weighted by Crippen LogP contribution is -2.29. The van der Waals surface area contributed by atoms with Crippen molar-refractivity contribution in [2.24, 2.45) is 0 Å². The normalized spacial score (nSPS) is 15.2. The molecule has 0 saturated heterocycles. The molecule has 5 rings (SSSR count). The van der Waals surface area contributed by atoms with Crippen molar-refractivity contribution in [2.75, 3.05) is 7.11 Å². The van der Waals surface area contributed by atoms with Gasteiger partial charge < -0.3 is 19.2 Å². The van der Waals surface area contributed by atoms with Crippen LogP contribution >= 0.6 is 0 Å². The molecular weight excluding hydrogens is 418 g/mol. The number of fused-ring (bicyclic) bond motifs is 2. The second kappa shape index (κ2) is 7.81. The van der Waals surface area contributed by atoms with Crippen LogP contribution in [0.4, 0.5) is 0 Å². The smallest absolute Gasteiger partial charge is 0.291 e. The van der Waals surface area contributed by atoms with E-state index in [1.165, 1.54) is 0 Å². The molecule has 0 spiro atoms. The van der Waals surface area contributed by atoms with E-state index in [2.05, 4.69) is 0 Å². The number of aromatic hydroxyl groups is 1. The molecule has 166 valence electrons. The number of rotatable bonds is 4. The van der Waals surface area contributed by atoms with E-state index in [4.69, 9.17) is 9.15 Å². The first-order chi connectivity index (χ1) is 15.9. The second-order valence-corrected chi connectivity index (χ2v) is 8.41. The monoisotopic (exact) mass is 441 g/mol. The highest BCUT2D eigenvalue weighted by Gasteiger charge is 2.43. The van der Waals surface area contributed by atoms with Gasteiger partial charge in [0.05, 0.1) is 24.1 Å². The minimum Gasteiger partial charge on any atom is -0.508 e. The van der Waals surface area contributed by atoms with Crippen LogP contribution in [-0.4, -0.2) is 23.0 Å². The largest absolute Gasteiger partial charge is 0.508 e. The lowest BCUT2D eigenvalue weighted by Gasteiger charge is -2.25. The number of carbonyl (C=O) groups is 1. The van der Waals surface area contributed by atoms with Crippen molar-refractivity contribution in [1.29, 1.82) is 0 Å². The summed E-state index contributed by atoms with van der Waals surface area (Å²) in [5, 5.41) is 10.6. The van der Waals surface area contributed by atoms with Gasteiger partial charge in [-0.05, 0) is 66.4 Å². The van der Waals surface area contributed by atoms with Crippen LogP contribution in [0.15, 0.2) is 69.9 Å². The fraction of sp³-hybridized carbons (Fsp3) is 0.185. The van der Waals surface area contributed by atoms with E-state index >= 15 is 0 Å². The summed E-state index contributed by atoms with van der Waals surface area (Å²) in [6.45, 7) is 4.06. The number of nitrogens with zero attached hydrogens (tertiary/aromatic N) is 1. The van der Waals surface area contributed by atoms with Crippen molar-refractivity contribution in [1.82, 2.24) is 4.90 Å². The summed E-state index contributed by atoms with van der Waals surface area (Å²) in [4.78, 5) is 28.9. The third-order valence-corrected chi connectivity index (χ3v) is 6.10. The third kappa shape index (κ3) is 3.44. The number of hydrogen-bond acceptors (Lipinski definition) is 5. The zero-order valence-electron chi connectivity index (χ0n) is 18.6. The second-order valence-electron chi connectivity index (χ2n) is 8.41. The van der Waals surface area contributed by atoms with Gasteiger partial charge in [-0.2, -0.15) is 0 Å². The minimum absolute atomic E-state index is 0.0568. The molecule has 0 radical (unpaired) electrons. The van der Waals surface area contributed by atoms with Crippen molar-refractivity contribution in [3.8, 4) is 11.5 Å². The lowest BCUT2D eigenvalue weighted by molar-refractivity contribution is 0.0714. The van der Waals surface area contributed by atoms with Gasteiger partial charge in [0.2, 0.25) is 5.76 Å². The number of hydrogen-bond donors (Lipinski definition) is 1. The van der Waals surface area contributed by atoms with Crippen LogP contribution in [0.2, 0.25) is 0 Å². The number of amides is 1. The van der Waals surface area contributed by atoms with Gasteiger partial charge in [-0.25, -0.2) is 0 Å². The molecule has 1 aliphatic heterocycles. The van der Waals surface area contributed by atoms with Crippen molar-refractivity contribution in [3.63, 3.8) is 0 Å². The Balaban J connectivity index is 1.72. The molecule has 2 heterocycles. The van der Waals surface area contributed by atoms with Crippen molar-refractivity contribution in [3.05, 3.63) is 104 Å². The first kappa shape index (κ1) is 20.8. The summed E-state index contributed by atoms with van der Waals surface area (Å²) in [5.74, 6) is 0.484. The fourth-order valence-corrected chi connectivity index (χ4v) is 4.61. The Kier molecular flexibility index (Phi) is 4.93. The van der Waals surface area contributed by atoms with Crippen LogP contribution < -0.4 is 10.2 Å². The third-order valence-electron chi connectivity index (χ3n) is 6.10. The summed E-state index contributed by atoms with van der Waals surface area (Å²) in [5.41, 5.74) is 3.78. The number of aryl methyl sites for hydroxylation is 2. The van der Waals surface area contributed by atoms with E-state index in [9.17, 15) is 14.7 Å². The van der Waals surface area contributed by atoms with E-state index in [1.807, 2.05) is 44.2 Å². The average Bonchev–Trinajstić information content (AvgIpc) is 3.07. The molecule has 0 unspecified atom stereocenters. The summed E-state index contributed by atoms with van der Waals surface area (Å²) in [6, 6.07) is 17.1. The van der Waals surface area contributed by atoms with Crippen molar-refractivity contribution >= 4 is 16.9 Å². The molecule has 1 N–H and O–H groups in total. The Hall–Kier alpha value is -4.06. The number of methoxy groups -OCH3 is 1. The number of benzene rings is 3. The van der Waals surface area contributed by atoms with Gasteiger partial charge in [0.1, 0.15) is 17.1 Å². The van der Waals surface area contributed by atoms with Crippen LogP contribution in [-0.2, 0) is 6.54 Å². The maximum Gasteiger partial charge on any atom is 0.291 e. The van der Waals surface area contributed by atoms with Gasteiger partial charge in [-0.15, -0.1) is 0 Å². The standard InChI is InChI=1S/C27H23NO5/c1-15-11-16(2)25-21(12-15)24(30)22-23(18-5-4-6-19(29)13-18)28(27(31)26(22)33-25)14-17-7-9-20(32-3)10-8-17/h4-13,23,29H,14H2,1-3H3/t23-/m0/s1. The molecule has 6 nitrogen and oxygen atoms in total. The highest BCUT2D eigenvalue weighted by atomic mass is 16.5.